The van der Waals surface area contributed by atoms with Crippen molar-refractivity contribution in [2.75, 3.05) is 23.3 Å². The molecule has 2 atom stereocenters. The number of nitrogens with one attached hydrogen (secondary N) is 2. The van der Waals surface area contributed by atoms with Gasteiger partial charge in [-0.3, -0.25) is 19.4 Å². The highest BCUT2D eigenvalue weighted by atomic mass is 19.3. The molecule has 280 valence electrons. The van der Waals surface area contributed by atoms with Crippen LogP contribution in [0.1, 0.15) is 68.2 Å². The Morgan fingerprint density at radius 3 is 2.53 bits per heavy atom. The summed E-state index contributed by atoms with van der Waals surface area (Å²) in [5, 5.41) is 28.1. The van der Waals surface area contributed by atoms with Crippen molar-refractivity contribution in [1.82, 2.24) is 30.0 Å². The largest absolute Gasteiger partial charge is 0.465 e. The summed E-state index contributed by atoms with van der Waals surface area (Å²) >= 11 is 0. The van der Waals surface area contributed by atoms with Gasteiger partial charge in [0, 0.05) is 31.3 Å². The molecule has 0 bridgehead atoms. The van der Waals surface area contributed by atoms with Crippen molar-refractivity contribution in [2.24, 2.45) is 5.92 Å². The Kier molecular flexibility index (Phi) is 10.4. The SMILES string of the molecule is CC(C)(C)OC(=O)N(CC1CC1)c1cc(-c2nc(C(=O)Nc3cn(-c4ccc(CNC(=O)[C@@H]5C[C@@H](O)CN5C(=O)O)cc4)nc3C(F)F)co2)ccn1. The molecule has 0 unspecified atom stereocenters. The number of likely N-dealkylation sites (tertiary alicyclic amines) is 1. The highest BCUT2D eigenvalue weighted by molar-refractivity contribution is 6.03. The lowest BCUT2D eigenvalue weighted by Gasteiger charge is -2.27. The van der Waals surface area contributed by atoms with Crippen LogP contribution in [0.5, 0.6) is 0 Å². The molecule has 2 aliphatic rings. The van der Waals surface area contributed by atoms with Crippen LogP contribution in [0.15, 0.2) is 59.5 Å². The van der Waals surface area contributed by atoms with Crippen molar-refractivity contribution >= 4 is 35.5 Å². The summed E-state index contributed by atoms with van der Waals surface area (Å²) in [5.74, 6) is -0.700. The highest BCUT2D eigenvalue weighted by Crippen LogP contribution is 2.33. The number of anilines is 2. The maximum Gasteiger partial charge on any atom is 0.416 e. The van der Waals surface area contributed by atoms with Gasteiger partial charge < -0.3 is 30.0 Å². The monoisotopic (exact) mass is 736 g/mol. The number of halogens is 2. The fourth-order valence-corrected chi connectivity index (χ4v) is 5.66. The van der Waals surface area contributed by atoms with Gasteiger partial charge in [0.25, 0.3) is 12.3 Å². The maximum absolute atomic E-state index is 14.0. The molecule has 1 aliphatic heterocycles. The number of aliphatic hydroxyl groups excluding tert-OH is 1. The molecule has 53 heavy (non-hydrogen) atoms. The second kappa shape index (κ2) is 15.0. The van der Waals surface area contributed by atoms with Crippen LogP contribution in [0.25, 0.3) is 17.1 Å². The number of aliphatic hydroxyl groups is 1. The Morgan fingerprint density at radius 2 is 1.87 bits per heavy atom. The topological polar surface area (TPSA) is 205 Å². The maximum atomic E-state index is 14.0. The van der Waals surface area contributed by atoms with Crippen LogP contribution in [-0.2, 0) is 16.1 Å². The number of benzene rings is 1. The van der Waals surface area contributed by atoms with Crippen LogP contribution in [0, 0.1) is 5.92 Å². The minimum atomic E-state index is -3.04. The third kappa shape index (κ3) is 8.94. The van der Waals surface area contributed by atoms with E-state index in [-0.39, 0.29) is 36.8 Å². The van der Waals surface area contributed by atoms with Crippen LogP contribution < -0.4 is 15.5 Å². The average Bonchev–Trinajstić information content (AvgIpc) is 3.44. The number of carbonyl (C=O) groups is 4. The van der Waals surface area contributed by atoms with Gasteiger partial charge in [-0.2, -0.15) is 5.10 Å². The molecule has 4 heterocycles. The van der Waals surface area contributed by atoms with Gasteiger partial charge in [0.15, 0.2) is 11.4 Å². The summed E-state index contributed by atoms with van der Waals surface area (Å²) in [5.41, 5.74) is -0.437. The Bertz CT molecular complexity index is 1990. The molecule has 18 heteroatoms. The van der Waals surface area contributed by atoms with Crippen molar-refractivity contribution in [1.29, 1.82) is 0 Å². The Balaban J connectivity index is 1.12. The van der Waals surface area contributed by atoms with E-state index in [1.165, 1.54) is 17.3 Å². The Morgan fingerprint density at radius 1 is 1.13 bits per heavy atom. The van der Waals surface area contributed by atoms with Crippen LogP contribution >= 0.6 is 0 Å². The standard InChI is InChI=1S/C35H38F2N8O8/c1-35(2,3)53-34(51)44(15-20-4-5-20)27-12-21(10-11-38-27)32-41-25(18-52-32)30(47)40-24-17-45(42-28(24)29(36)37)22-8-6-19(7-9-22)14-39-31(48)26-13-23(46)16-43(26)33(49)50/h6-12,17-18,20,23,26,29,46H,4-5,13-16H2,1-3H3,(H,39,48)(H,40,47)(H,49,50)/t23-,26+/m1/s1. The molecule has 0 spiro atoms. The number of oxazole rings is 1. The van der Waals surface area contributed by atoms with E-state index in [4.69, 9.17) is 9.15 Å². The van der Waals surface area contributed by atoms with Gasteiger partial charge in [0.1, 0.15) is 23.7 Å². The van der Waals surface area contributed by atoms with E-state index in [0.29, 0.717) is 35.1 Å². The average molecular weight is 737 g/mol. The van der Waals surface area contributed by atoms with Crippen LogP contribution in [0.4, 0.5) is 29.9 Å². The molecule has 16 nitrogen and oxygen atoms in total. The number of aromatic nitrogens is 4. The summed E-state index contributed by atoms with van der Waals surface area (Å²) in [6.07, 6.45) is -0.0716. The number of hydrogen-bond donors (Lipinski definition) is 4. The number of ether oxygens (including phenoxy) is 1. The molecule has 3 aromatic heterocycles. The summed E-state index contributed by atoms with van der Waals surface area (Å²) in [4.78, 5) is 61.1. The molecule has 1 aliphatic carbocycles. The van der Waals surface area contributed by atoms with Gasteiger partial charge in [0.2, 0.25) is 11.8 Å². The number of β-amino-alcohol motifs (C(OH)–C–C–N with tert-alkyl or cyclic N) is 1. The van der Waals surface area contributed by atoms with Crippen LogP contribution in [-0.4, -0.2) is 89.7 Å². The second-order valence-corrected chi connectivity index (χ2v) is 13.8. The van der Waals surface area contributed by atoms with E-state index < -0.39 is 53.9 Å². The zero-order chi connectivity index (χ0) is 38.0. The molecule has 6 rings (SSSR count). The zero-order valence-electron chi connectivity index (χ0n) is 29.0. The third-order valence-electron chi connectivity index (χ3n) is 8.45. The first-order chi connectivity index (χ1) is 25.1. The lowest BCUT2D eigenvalue weighted by Crippen LogP contribution is -2.45. The van der Waals surface area contributed by atoms with Gasteiger partial charge in [-0.1, -0.05) is 12.1 Å². The second-order valence-electron chi connectivity index (χ2n) is 13.8. The summed E-state index contributed by atoms with van der Waals surface area (Å²) < 4.78 is 40.4. The predicted molar refractivity (Wildman–Crippen MR) is 184 cm³/mol. The number of pyridine rings is 1. The van der Waals surface area contributed by atoms with Crippen molar-refractivity contribution in [2.45, 2.75) is 70.8 Å². The number of hydrogen-bond acceptors (Lipinski definition) is 10. The van der Waals surface area contributed by atoms with Gasteiger partial charge in [0.05, 0.1) is 30.2 Å². The van der Waals surface area contributed by atoms with Crippen molar-refractivity contribution in [3.8, 4) is 17.1 Å². The van der Waals surface area contributed by atoms with Crippen LogP contribution in [0.3, 0.4) is 0 Å². The van der Waals surface area contributed by atoms with E-state index in [1.54, 1.807) is 57.2 Å². The van der Waals surface area contributed by atoms with Gasteiger partial charge in [-0.05, 0) is 69.4 Å². The van der Waals surface area contributed by atoms with E-state index in [0.717, 1.165) is 28.7 Å². The van der Waals surface area contributed by atoms with Crippen LogP contribution in [0.2, 0.25) is 0 Å². The first-order valence-electron chi connectivity index (χ1n) is 16.8. The molecule has 1 saturated heterocycles. The normalized spacial score (nSPS) is 17.2. The minimum absolute atomic E-state index is 0.0122. The Labute approximate surface area is 301 Å². The minimum Gasteiger partial charge on any atom is -0.465 e. The predicted octanol–water partition coefficient (Wildman–Crippen LogP) is 4.99. The molecule has 4 N–H and O–H groups in total. The van der Waals surface area contributed by atoms with Crippen molar-refractivity contribution in [3.63, 3.8) is 0 Å². The molecular formula is C35H38F2N8O8. The highest BCUT2D eigenvalue weighted by Gasteiger charge is 2.39. The first-order valence-corrected chi connectivity index (χ1v) is 16.8. The number of carbonyl (C=O) groups excluding carboxylic acids is 3. The molecule has 4 amide bonds. The summed E-state index contributed by atoms with van der Waals surface area (Å²) in [7, 11) is 0. The fraction of sp³-hybridized carbons (Fsp3) is 0.400. The molecule has 1 saturated carbocycles. The molecule has 1 aromatic carbocycles. The van der Waals surface area contributed by atoms with E-state index in [2.05, 4.69) is 25.7 Å². The third-order valence-corrected chi connectivity index (χ3v) is 8.45. The first kappa shape index (κ1) is 36.9. The molecule has 4 aromatic rings. The van der Waals surface area contributed by atoms with Crippen molar-refractivity contribution in [3.05, 3.63) is 72.0 Å². The molecule has 2 fully saturated rings. The number of nitrogens with zero attached hydrogens (tertiary/aromatic N) is 6. The summed E-state index contributed by atoms with van der Waals surface area (Å²) in [6, 6.07) is 8.54. The quantitative estimate of drug-likeness (QED) is 0.161. The molecular weight excluding hydrogens is 698 g/mol. The number of alkyl halides is 2. The van der Waals surface area contributed by atoms with Gasteiger partial charge in [-0.15, -0.1) is 0 Å². The van der Waals surface area contributed by atoms with E-state index in [9.17, 15) is 38.2 Å². The van der Waals surface area contributed by atoms with E-state index >= 15 is 0 Å². The fourth-order valence-electron chi connectivity index (χ4n) is 5.66. The lowest BCUT2D eigenvalue weighted by atomic mass is 10.1. The Hall–Kier alpha value is -5.91. The van der Waals surface area contributed by atoms with E-state index in [1.807, 2.05) is 0 Å². The number of rotatable bonds is 11. The molecule has 0 radical (unpaired) electrons. The van der Waals surface area contributed by atoms with Gasteiger partial charge >= 0.3 is 12.2 Å². The van der Waals surface area contributed by atoms with Gasteiger partial charge in [-0.25, -0.2) is 33.0 Å². The number of carboxylic acid groups (broad SMARTS) is 1. The smallest absolute Gasteiger partial charge is 0.416 e. The number of amides is 4. The van der Waals surface area contributed by atoms with Crippen molar-refractivity contribution < 1.29 is 47.3 Å². The zero-order valence-corrected chi connectivity index (χ0v) is 29.0. The summed E-state index contributed by atoms with van der Waals surface area (Å²) in [6.45, 7) is 5.63. The lowest BCUT2D eigenvalue weighted by molar-refractivity contribution is -0.125.